The first kappa shape index (κ1) is 39.1. The zero-order valence-electron chi connectivity index (χ0n) is 36.7. The molecule has 0 unspecified atom stereocenters. The molecule has 0 fully saturated rings. The zero-order valence-corrected chi connectivity index (χ0v) is 37.5. The summed E-state index contributed by atoms with van der Waals surface area (Å²) < 4.78 is 2.66. The minimum absolute atomic E-state index is 0.534. The fourth-order valence-electron chi connectivity index (χ4n) is 11.0. The van der Waals surface area contributed by atoms with Crippen LogP contribution in [-0.4, -0.2) is 0 Å². The molecule has 1 heterocycles. The van der Waals surface area contributed by atoms with Crippen LogP contribution < -0.4 is 4.90 Å². The van der Waals surface area contributed by atoms with E-state index in [9.17, 15) is 0 Å². The van der Waals surface area contributed by atoms with E-state index in [-0.39, 0.29) is 0 Å². The Morgan fingerprint density at radius 2 is 0.866 bits per heavy atom. The summed E-state index contributed by atoms with van der Waals surface area (Å²) >= 11 is 1.91. The number of nitrogens with zero attached hydrogens (tertiary/aromatic N) is 1. The van der Waals surface area contributed by atoms with Crippen LogP contribution in [0.4, 0.5) is 17.1 Å². The molecule has 1 aliphatic rings. The zero-order chi connectivity index (χ0) is 44.3. The van der Waals surface area contributed by atoms with Crippen molar-refractivity contribution < 1.29 is 0 Å². The molecule has 67 heavy (non-hydrogen) atoms. The van der Waals surface area contributed by atoms with Crippen LogP contribution in [0.25, 0.3) is 75.5 Å². The normalized spacial score (nSPS) is 12.6. The maximum Gasteiger partial charge on any atom is 0.0714 e. The predicted molar refractivity (Wildman–Crippen MR) is 285 cm³/mol. The van der Waals surface area contributed by atoms with E-state index in [1.807, 2.05) is 11.3 Å². The number of benzene rings is 11. The Morgan fingerprint density at radius 3 is 1.61 bits per heavy atom. The van der Waals surface area contributed by atoms with Gasteiger partial charge in [0.25, 0.3) is 0 Å². The number of anilines is 3. The van der Waals surface area contributed by atoms with Crippen LogP contribution in [-0.2, 0) is 5.41 Å². The Bertz CT molecular complexity index is 3740. The Hall–Kier alpha value is -8.30. The summed E-state index contributed by atoms with van der Waals surface area (Å²) in [6.07, 6.45) is 0. The highest BCUT2D eigenvalue weighted by Crippen LogP contribution is 2.60. The van der Waals surface area contributed by atoms with Crippen LogP contribution in [0.3, 0.4) is 0 Å². The Balaban J connectivity index is 1.06. The number of thiophene rings is 1. The average molecular weight is 870 g/mol. The van der Waals surface area contributed by atoms with Gasteiger partial charge in [-0.15, -0.1) is 11.3 Å². The van der Waals surface area contributed by atoms with Gasteiger partial charge in [-0.05, 0) is 96.7 Å². The van der Waals surface area contributed by atoms with Gasteiger partial charge in [0.05, 0.1) is 16.8 Å². The van der Waals surface area contributed by atoms with Crippen molar-refractivity contribution in [3.63, 3.8) is 0 Å². The van der Waals surface area contributed by atoms with Crippen LogP contribution in [0.15, 0.2) is 261 Å². The molecule has 0 spiro atoms. The lowest BCUT2D eigenvalue weighted by molar-refractivity contribution is 0.768. The third kappa shape index (κ3) is 6.22. The van der Waals surface area contributed by atoms with Gasteiger partial charge in [-0.3, -0.25) is 0 Å². The van der Waals surface area contributed by atoms with Crippen molar-refractivity contribution >= 4 is 59.3 Å². The van der Waals surface area contributed by atoms with Gasteiger partial charge in [0.2, 0.25) is 0 Å². The molecule has 11 aromatic carbocycles. The average Bonchev–Trinajstić information content (AvgIpc) is 3.95. The summed E-state index contributed by atoms with van der Waals surface area (Å²) in [6, 6.07) is 96.3. The quantitative estimate of drug-likeness (QED) is 0.147. The summed E-state index contributed by atoms with van der Waals surface area (Å²) in [5, 5.41) is 5.21. The van der Waals surface area contributed by atoms with Crippen LogP contribution in [0, 0.1) is 0 Å². The SMILES string of the molecule is c1ccc(-c2ccc(N(c3ccc(-c4cccc5c4sc4c6ccccc6ccc54)cc3)c3cccc4c3-c3ccccc3C4(c3ccccc3)c3ccccc3)c(-c3ccccc3)c2)cc1. The van der Waals surface area contributed by atoms with Gasteiger partial charge in [-0.1, -0.05) is 231 Å². The molecule has 1 aromatic heterocycles. The second-order valence-corrected chi connectivity index (χ2v) is 18.5. The number of hydrogen-bond acceptors (Lipinski definition) is 2. The Labute approximate surface area is 395 Å². The van der Waals surface area contributed by atoms with Gasteiger partial charge in [-0.2, -0.15) is 0 Å². The van der Waals surface area contributed by atoms with Gasteiger partial charge in [0.15, 0.2) is 0 Å². The molecule has 1 nitrogen and oxygen atoms in total. The molecule has 0 saturated heterocycles. The number of fused-ring (bicyclic) bond motifs is 8. The van der Waals surface area contributed by atoms with Gasteiger partial charge in [0, 0.05) is 37.0 Å². The van der Waals surface area contributed by atoms with Crippen molar-refractivity contribution in [1.82, 2.24) is 0 Å². The number of hydrogen-bond donors (Lipinski definition) is 0. The molecule has 0 amide bonds. The lowest BCUT2D eigenvalue weighted by Gasteiger charge is -2.34. The largest absolute Gasteiger partial charge is 0.309 e. The van der Waals surface area contributed by atoms with Gasteiger partial charge < -0.3 is 4.90 Å². The van der Waals surface area contributed by atoms with Crippen molar-refractivity contribution in [2.75, 3.05) is 4.90 Å². The van der Waals surface area contributed by atoms with Crippen LogP contribution >= 0.6 is 11.3 Å². The van der Waals surface area contributed by atoms with E-state index in [2.05, 4.69) is 266 Å². The van der Waals surface area contributed by atoms with Gasteiger partial charge >= 0.3 is 0 Å². The second kappa shape index (κ2) is 16.0. The summed E-state index contributed by atoms with van der Waals surface area (Å²) in [4.78, 5) is 2.52. The van der Waals surface area contributed by atoms with E-state index in [4.69, 9.17) is 0 Å². The Kier molecular flexibility index (Phi) is 9.33. The molecule has 0 atom stereocenters. The lowest BCUT2D eigenvalue weighted by Crippen LogP contribution is -2.28. The molecular weight excluding hydrogens is 827 g/mol. The van der Waals surface area contributed by atoms with Crippen LogP contribution in [0.1, 0.15) is 22.3 Å². The molecule has 13 rings (SSSR count). The van der Waals surface area contributed by atoms with E-state index in [1.165, 1.54) is 86.6 Å². The van der Waals surface area contributed by atoms with Crippen LogP contribution in [0.2, 0.25) is 0 Å². The van der Waals surface area contributed by atoms with E-state index < -0.39 is 5.41 Å². The minimum atomic E-state index is -0.534. The molecule has 12 aromatic rings. The Morgan fingerprint density at radius 1 is 0.313 bits per heavy atom. The van der Waals surface area contributed by atoms with Crippen molar-refractivity contribution in [1.29, 1.82) is 0 Å². The molecular formula is C65H43NS. The van der Waals surface area contributed by atoms with E-state index in [0.29, 0.717) is 0 Å². The predicted octanol–water partition coefficient (Wildman–Crippen LogP) is 18.0. The first-order valence-corrected chi connectivity index (χ1v) is 23.9. The van der Waals surface area contributed by atoms with Crippen LogP contribution in [0.5, 0.6) is 0 Å². The maximum absolute atomic E-state index is 2.52. The monoisotopic (exact) mass is 869 g/mol. The maximum atomic E-state index is 2.52. The topological polar surface area (TPSA) is 3.24 Å². The highest BCUT2D eigenvalue weighted by atomic mass is 32.1. The van der Waals surface area contributed by atoms with Crippen molar-refractivity contribution in [2.24, 2.45) is 0 Å². The molecule has 314 valence electrons. The fraction of sp³-hybridized carbons (Fsp3) is 0.0154. The molecule has 0 radical (unpaired) electrons. The van der Waals surface area contributed by atoms with Gasteiger partial charge in [-0.25, -0.2) is 0 Å². The summed E-state index contributed by atoms with van der Waals surface area (Å²) in [5.74, 6) is 0. The van der Waals surface area contributed by atoms with Crippen molar-refractivity contribution in [3.05, 3.63) is 283 Å². The third-order valence-corrected chi connectivity index (χ3v) is 15.2. The minimum Gasteiger partial charge on any atom is -0.309 e. The molecule has 1 aliphatic carbocycles. The van der Waals surface area contributed by atoms with E-state index >= 15 is 0 Å². The number of rotatable bonds is 8. The summed E-state index contributed by atoms with van der Waals surface area (Å²) in [7, 11) is 0. The fourth-order valence-corrected chi connectivity index (χ4v) is 12.4. The molecule has 0 N–H and O–H groups in total. The lowest BCUT2D eigenvalue weighted by atomic mass is 9.68. The van der Waals surface area contributed by atoms with E-state index in [1.54, 1.807) is 0 Å². The first-order chi connectivity index (χ1) is 33.3. The third-order valence-electron chi connectivity index (χ3n) is 14.0. The smallest absolute Gasteiger partial charge is 0.0714 e. The first-order valence-electron chi connectivity index (χ1n) is 23.1. The highest BCUT2D eigenvalue weighted by Gasteiger charge is 2.47. The van der Waals surface area contributed by atoms with E-state index in [0.717, 1.165) is 28.2 Å². The summed E-state index contributed by atoms with van der Waals surface area (Å²) in [5.41, 5.74) is 17.5. The molecule has 0 aliphatic heterocycles. The highest BCUT2D eigenvalue weighted by molar-refractivity contribution is 7.27. The van der Waals surface area contributed by atoms with Gasteiger partial charge in [0.1, 0.15) is 0 Å². The van der Waals surface area contributed by atoms with Crippen molar-refractivity contribution in [3.8, 4) is 44.5 Å². The second-order valence-electron chi connectivity index (χ2n) is 17.5. The summed E-state index contributed by atoms with van der Waals surface area (Å²) in [6.45, 7) is 0. The molecule has 0 bridgehead atoms. The van der Waals surface area contributed by atoms with Crippen molar-refractivity contribution in [2.45, 2.75) is 5.41 Å². The standard InChI is InChI=1S/C65H43NS/c1-5-19-44(20-6-1)48-38-42-60(57(43-48)45-21-7-2-8-22-45)66(51-39-35-47(36-40-51)53-30-17-31-54-55-41-37-46-23-13-14-28-52(46)64(55)67-63(53)54)61-34-18-33-59-62(61)56-29-15-16-32-58(56)65(59,49-24-9-3-10-25-49)50-26-11-4-12-27-50/h1-43H. The molecule has 2 heteroatoms. The molecule has 0 saturated carbocycles.